The van der Waals surface area contributed by atoms with E-state index in [9.17, 15) is 0 Å². The van der Waals surface area contributed by atoms with E-state index >= 15 is 0 Å². The van der Waals surface area contributed by atoms with Crippen molar-refractivity contribution in [3.05, 3.63) is 101 Å². The molecular weight excluding hydrogens is 447 g/mol. The second-order valence-electron chi connectivity index (χ2n) is 7.17. The Balaban J connectivity index is 0.000000659. The van der Waals surface area contributed by atoms with E-state index in [2.05, 4.69) is 70.2 Å². The zero-order valence-corrected chi connectivity index (χ0v) is 20.9. The molecule has 0 saturated carbocycles. The first-order valence-electron chi connectivity index (χ1n) is 9.47. The van der Waals surface area contributed by atoms with Gasteiger partial charge in [-0.15, -0.1) is 35.2 Å². The van der Waals surface area contributed by atoms with Crippen LogP contribution in [0.3, 0.4) is 0 Å². The van der Waals surface area contributed by atoms with Crippen molar-refractivity contribution in [3.8, 4) is 0 Å². The molecule has 30 heavy (non-hydrogen) atoms. The van der Waals surface area contributed by atoms with Crippen LogP contribution in [-0.2, 0) is 28.3 Å². The molecule has 0 aromatic heterocycles. The summed E-state index contributed by atoms with van der Waals surface area (Å²) >= 11 is 0. The first kappa shape index (κ1) is 28.7. The second kappa shape index (κ2) is 13.1. The third-order valence-corrected chi connectivity index (χ3v) is 5.62. The molecule has 0 fully saturated rings. The maximum atomic E-state index is 8.54. The standard InChI is InChI=1S/C19H19.C7H8O.2ClH.Ti/c1-12-13(2)15(4)19(14(12)3)18-10-9-16-7-5-6-8-17(16)11-18;8-6-7-4-2-1-3-5-7;;;/h5-10,14H,1-4H3;1-5,8H,6H2;2*1H;/q-1;;;;+3/p-2. The minimum atomic E-state index is 0. The van der Waals surface area contributed by atoms with Crippen molar-refractivity contribution in [3.63, 3.8) is 0 Å². The van der Waals surface area contributed by atoms with Crippen LogP contribution in [0.25, 0.3) is 16.3 Å². The number of hydrogen-bond donors (Lipinski definition) is 1. The smallest absolute Gasteiger partial charge is 1.00 e. The van der Waals surface area contributed by atoms with Crippen LogP contribution in [0.1, 0.15) is 38.8 Å². The first-order chi connectivity index (χ1) is 13.0. The molecule has 1 unspecified atom stereocenters. The molecule has 3 aromatic carbocycles. The van der Waals surface area contributed by atoms with Gasteiger partial charge in [-0.3, -0.25) is 0 Å². The van der Waals surface area contributed by atoms with Crippen molar-refractivity contribution in [2.45, 2.75) is 34.3 Å². The molecule has 1 radical (unpaired) electrons. The van der Waals surface area contributed by atoms with Crippen LogP contribution in [-0.4, -0.2) is 5.11 Å². The number of allylic oxidation sites excluding steroid dienone is 4. The molecule has 0 heterocycles. The van der Waals surface area contributed by atoms with Crippen LogP contribution < -0.4 is 24.8 Å². The van der Waals surface area contributed by atoms with Gasteiger partial charge in [-0.25, -0.2) is 0 Å². The SMILES string of the molecule is CC1=C(C)C(C)C(c2[c-]c3ccccc3cc2)=C1C.OCc1ccccc1.[Cl-].[Cl-].[Ti+3]. The molecule has 0 aliphatic heterocycles. The topological polar surface area (TPSA) is 20.2 Å². The van der Waals surface area contributed by atoms with Gasteiger partial charge in [0.1, 0.15) is 0 Å². The normalized spacial score (nSPS) is 14.9. The minimum Gasteiger partial charge on any atom is -1.00 e. The molecule has 4 heteroatoms. The number of halogens is 2. The summed E-state index contributed by atoms with van der Waals surface area (Å²) in [7, 11) is 0. The average Bonchev–Trinajstić information content (AvgIpc) is 2.91. The van der Waals surface area contributed by atoms with Gasteiger partial charge in [0, 0.05) is 0 Å². The van der Waals surface area contributed by atoms with E-state index in [4.69, 9.17) is 5.11 Å². The Morgan fingerprint density at radius 3 is 1.93 bits per heavy atom. The maximum Gasteiger partial charge on any atom is 3.00 e. The second-order valence-corrected chi connectivity index (χ2v) is 7.17. The van der Waals surface area contributed by atoms with Crippen molar-refractivity contribution < 1.29 is 51.6 Å². The van der Waals surface area contributed by atoms with Crippen molar-refractivity contribution in [1.82, 2.24) is 0 Å². The van der Waals surface area contributed by atoms with E-state index in [1.54, 1.807) is 0 Å². The van der Waals surface area contributed by atoms with Gasteiger partial charge in [-0.2, -0.15) is 0 Å². The summed E-state index contributed by atoms with van der Waals surface area (Å²) in [5.41, 5.74) is 8.03. The molecule has 1 N–H and O–H groups in total. The molecule has 0 saturated heterocycles. The summed E-state index contributed by atoms with van der Waals surface area (Å²) in [6.07, 6.45) is 0. The summed E-state index contributed by atoms with van der Waals surface area (Å²) in [6, 6.07) is 26.0. The fourth-order valence-corrected chi connectivity index (χ4v) is 3.66. The van der Waals surface area contributed by atoms with Gasteiger partial charge in [0.25, 0.3) is 0 Å². The van der Waals surface area contributed by atoms with E-state index in [0.29, 0.717) is 5.92 Å². The number of aliphatic hydroxyl groups is 1. The molecule has 0 spiro atoms. The summed E-state index contributed by atoms with van der Waals surface area (Å²) in [6.45, 7) is 9.15. The molecule has 0 bridgehead atoms. The van der Waals surface area contributed by atoms with E-state index in [-0.39, 0.29) is 53.1 Å². The predicted octanol–water partition coefficient (Wildman–Crippen LogP) is 0.584. The fraction of sp³-hybridized carbons (Fsp3) is 0.231. The van der Waals surface area contributed by atoms with Gasteiger partial charge < -0.3 is 29.9 Å². The minimum absolute atomic E-state index is 0. The van der Waals surface area contributed by atoms with Crippen LogP contribution in [0.5, 0.6) is 0 Å². The first-order valence-corrected chi connectivity index (χ1v) is 9.47. The van der Waals surface area contributed by atoms with Gasteiger partial charge in [0.05, 0.1) is 6.61 Å². The number of fused-ring (bicyclic) bond motifs is 1. The van der Waals surface area contributed by atoms with Crippen LogP contribution >= 0.6 is 0 Å². The Bertz CT molecular complexity index is 1010. The summed E-state index contributed by atoms with van der Waals surface area (Å²) in [5, 5.41) is 11.0. The summed E-state index contributed by atoms with van der Waals surface area (Å²) in [4.78, 5) is 0. The molecule has 1 atom stereocenters. The van der Waals surface area contributed by atoms with Gasteiger partial charge in [-0.05, 0) is 32.3 Å². The number of benzene rings is 3. The maximum absolute atomic E-state index is 8.54. The van der Waals surface area contributed by atoms with Gasteiger partial charge in [0.2, 0.25) is 0 Å². The zero-order chi connectivity index (χ0) is 19.4. The molecule has 1 aliphatic carbocycles. The van der Waals surface area contributed by atoms with Crippen LogP contribution in [0.15, 0.2) is 83.4 Å². The summed E-state index contributed by atoms with van der Waals surface area (Å²) in [5.74, 6) is 0.511. The third kappa shape index (κ3) is 6.33. The van der Waals surface area contributed by atoms with Crippen LogP contribution in [0.4, 0.5) is 0 Å². The van der Waals surface area contributed by atoms with E-state index < -0.39 is 0 Å². The quantitative estimate of drug-likeness (QED) is 0.426. The van der Waals surface area contributed by atoms with Gasteiger partial charge in [0.15, 0.2) is 0 Å². The van der Waals surface area contributed by atoms with E-state index in [0.717, 1.165) is 5.56 Å². The molecule has 1 nitrogen and oxygen atoms in total. The fourth-order valence-electron chi connectivity index (χ4n) is 3.66. The number of hydrogen-bond acceptors (Lipinski definition) is 1. The van der Waals surface area contributed by atoms with E-state index in [1.807, 2.05) is 30.3 Å². The molecule has 0 amide bonds. The Kier molecular flexibility index (Phi) is 12.6. The Morgan fingerprint density at radius 1 is 0.800 bits per heavy atom. The molecule has 3 aromatic rings. The van der Waals surface area contributed by atoms with Crippen LogP contribution in [0.2, 0.25) is 0 Å². The Morgan fingerprint density at radius 2 is 1.40 bits per heavy atom. The van der Waals surface area contributed by atoms with Crippen molar-refractivity contribution >= 4 is 16.3 Å². The number of rotatable bonds is 2. The third-order valence-electron chi connectivity index (χ3n) is 5.62. The van der Waals surface area contributed by atoms with Gasteiger partial charge in [-0.1, -0.05) is 83.1 Å². The molecular formula is C26H27Cl2OTi. The van der Waals surface area contributed by atoms with Gasteiger partial charge >= 0.3 is 21.7 Å². The molecule has 1 aliphatic rings. The number of aliphatic hydroxyl groups excluding tert-OH is 1. The summed E-state index contributed by atoms with van der Waals surface area (Å²) < 4.78 is 0. The van der Waals surface area contributed by atoms with Crippen molar-refractivity contribution in [2.24, 2.45) is 5.92 Å². The Hall–Kier alpha value is -1.35. The Labute approximate surface area is 208 Å². The molecule has 155 valence electrons. The zero-order valence-electron chi connectivity index (χ0n) is 17.8. The monoisotopic (exact) mass is 473 g/mol. The molecule has 4 rings (SSSR count). The predicted molar refractivity (Wildman–Crippen MR) is 115 cm³/mol. The van der Waals surface area contributed by atoms with Crippen molar-refractivity contribution in [2.75, 3.05) is 0 Å². The van der Waals surface area contributed by atoms with Crippen LogP contribution in [0, 0.1) is 12.0 Å². The largest absolute Gasteiger partial charge is 3.00 e. The van der Waals surface area contributed by atoms with Crippen molar-refractivity contribution in [1.29, 1.82) is 0 Å². The average molecular weight is 474 g/mol. The van der Waals surface area contributed by atoms with E-state index in [1.165, 1.54) is 38.6 Å².